The van der Waals surface area contributed by atoms with Crippen LogP contribution >= 0.6 is 0 Å². The zero-order chi connectivity index (χ0) is 31.9. The van der Waals surface area contributed by atoms with E-state index in [9.17, 15) is 15.6 Å². The number of nitrogens with one attached hydrogen (secondary N) is 2. The highest BCUT2D eigenvalue weighted by molar-refractivity contribution is 5.33. The van der Waals surface area contributed by atoms with Crippen molar-refractivity contribution < 1.29 is 30.1 Å². The van der Waals surface area contributed by atoms with Gasteiger partial charge >= 0.3 is 0 Å². The van der Waals surface area contributed by atoms with E-state index in [4.69, 9.17) is 14.5 Å². The summed E-state index contributed by atoms with van der Waals surface area (Å²) in [5, 5.41) is 37.8. The average molecular weight is 595 g/mol. The summed E-state index contributed by atoms with van der Waals surface area (Å²) < 4.78 is 6.51. The Hall–Kier alpha value is -1.18. The molecule has 10 nitrogen and oxygen atoms in total. The van der Waals surface area contributed by atoms with Gasteiger partial charge in [-0.2, -0.15) is 15.6 Å². The number of benzene rings is 1. The lowest BCUT2D eigenvalue weighted by molar-refractivity contribution is -0.361. The predicted molar refractivity (Wildman–Crippen MR) is 162 cm³/mol. The molecule has 3 rings (SSSR count). The van der Waals surface area contributed by atoms with E-state index in [2.05, 4.69) is 50.6 Å². The second kappa shape index (κ2) is 12.3. The first kappa shape index (κ1) is 35.3. The molecule has 2 aliphatic heterocycles. The van der Waals surface area contributed by atoms with Crippen LogP contribution in [0.5, 0.6) is 0 Å². The summed E-state index contributed by atoms with van der Waals surface area (Å²) in [6.07, 6.45) is 1.63. The Labute approximate surface area is 253 Å². The maximum Gasteiger partial charge on any atom is 0.139 e. The minimum absolute atomic E-state index is 0.129. The van der Waals surface area contributed by atoms with Crippen LogP contribution in [0.3, 0.4) is 0 Å². The number of rotatable bonds is 11. The fraction of sp³-hybridized carbons (Fsp3) is 0.812. The molecule has 1 atom stereocenters. The van der Waals surface area contributed by atoms with Crippen LogP contribution in [0.25, 0.3) is 0 Å². The first-order chi connectivity index (χ1) is 19.0. The molecule has 2 fully saturated rings. The summed E-state index contributed by atoms with van der Waals surface area (Å²) in [4.78, 5) is 11.4. The van der Waals surface area contributed by atoms with Crippen molar-refractivity contribution in [1.82, 2.24) is 20.9 Å². The third kappa shape index (κ3) is 7.72. The maximum atomic E-state index is 10.7. The fourth-order valence-corrected chi connectivity index (χ4v) is 6.98. The molecule has 10 heteroatoms. The van der Waals surface area contributed by atoms with Gasteiger partial charge in [0.05, 0.1) is 12.2 Å². The molecule has 1 unspecified atom stereocenters. The molecule has 0 radical (unpaired) electrons. The van der Waals surface area contributed by atoms with Gasteiger partial charge in [0.15, 0.2) is 0 Å². The van der Waals surface area contributed by atoms with Crippen LogP contribution in [-0.2, 0) is 25.5 Å². The molecule has 2 saturated heterocycles. The van der Waals surface area contributed by atoms with E-state index in [0.29, 0.717) is 25.7 Å². The summed E-state index contributed by atoms with van der Waals surface area (Å²) in [5.41, 5.74) is 1.74. The first-order valence-corrected chi connectivity index (χ1v) is 15.2. The standard InChI is InChI=1S/C32H58N4O6/c1-27(2)17-24(18-28(3,4)35(27)38)41-26(34-37)31(9,10)22-14-13-15-23(16-22)32(11,12)33-21-40-42-25-19-29(5,6)36(39)30(7,8)20-25/h13-16,24-26,33-34,37-39H,17-21H2,1-12H3. The van der Waals surface area contributed by atoms with Crippen molar-refractivity contribution >= 4 is 0 Å². The van der Waals surface area contributed by atoms with Crippen LogP contribution < -0.4 is 10.8 Å². The summed E-state index contributed by atoms with van der Waals surface area (Å²) in [5.74, 6) is 0. The molecule has 1 aromatic carbocycles. The van der Waals surface area contributed by atoms with Crippen LogP contribution in [0, 0.1) is 0 Å². The fourth-order valence-electron chi connectivity index (χ4n) is 6.98. The van der Waals surface area contributed by atoms with Crippen molar-refractivity contribution in [3.63, 3.8) is 0 Å². The van der Waals surface area contributed by atoms with Crippen LogP contribution in [0.4, 0.5) is 0 Å². The van der Waals surface area contributed by atoms with E-state index in [1.54, 1.807) is 0 Å². The molecule has 0 amide bonds. The maximum absolute atomic E-state index is 10.7. The second-order valence-electron chi connectivity index (χ2n) is 16.0. The highest BCUT2D eigenvalue weighted by Crippen LogP contribution is 2.41. The van der Waals surface area contributed by atoms with Crippen molar-refractivity contribution in [2.75, 3.05) is 6.73 Å². The normalized spacial score (nSPS) is 24.5. The van der Waals surface area contributed by atoms with Crippen molar-refractivity contribution in [3.8, 4) is 0 Å². The largest absolute Gasteiger partial charge is 0.357 e. The Morgan fingerprint density at radius 1 is 0.810 bits per heavy atom. The van der Waals surface area contributed by atoms with E-state index in [1.165, 1.54) is 10.1 Å². The monoisotopic (exact) mass is 594 g/mol. The number of ether oxygens (including phenoxy) is 1. The third-order valence-electron chi connectivity index (χ3n) is 9.41. The Morgan fingerprint density at radius 2 is 1.26 bits per heavy atom. The molecule has 42 heavy (non-hydrogen) atoms. The van der Waals surface area contributed by atoms with Gasteiger partial charge < -0.3 is 20.4 Å². The minimum Gasteiger partial charge on any atom is -0.357 e. The Bertz CT molecular complexity index is 1020. The van der Waals surface area contributed by atoms with Crippen LogP contribution in [0.1, 0.15) is 120 Å². The molecule has 0 aromatic heterocycles. The number of nitrogens with zero attached hydrogens (tertiary/aromatic N) is 2. The molecular formula is C32H58N4O6. The van der Waals surface area contributed by atoms with Gasteiger partial charge in [0, 0.05) is 33.1 Å². The van der Waals surface area contributed by atoms with Gasteiger partial charge in [0.1, 0.15) is 13.0 Å². The zero-order valence-corrected chi connectivity index (χ0v) is 28.0. The number of hydroxylamine groups is 5. The van der Waals surface area contributed by atoms with Crippen LogP contribution in [0.15, 0.2) is 24.3 Å². The molecular weight excluding hydrogens is 536 g/mol. The molecule has 0 bridgehead atoms. The van der Waals surface area contributed by atoms with E-state index in [-0.39, 0.29) is 18.9 Å². The topological polar surface area (TPSA) is 119 Å². The molecule has 242 valence electrons. The summed E-state index contributed by atoms with van der Waals surface area (Å²) >= 11 is 0. The van der Waals surface area contributed by atoms with Gasteiger partial charge in [0.25, 0.3) is 0 Å². The average Bonchev–Trinajstić information content (AvgIpc) is 2.86. The lowest BCUT2D eigenvalue weighted by atomic mass is 9.78. The minimum atomic E-state index is -0.666. The molecule has 0 saturated carbocycles. The van der Waals surface area contributed by atoms with Crippen LogP contribution in [-0.4, -0.2) is 73.1 Å². The summed E-state index contributed by atoms with van der Waals surface area (Å²) in [6, 6.07) is 8.27. The molecule has 5 N–H and O–H groups in total. The highest BCUT2D eigenvalue weighted by Gasteiger charge is 2.48. The zero-order valence-electron chi connectivity index (χ0n) is 28.0. The Morgan fingerprint density at radius 3 is 1.74 bits per heavy atom. The quantitative estimate of drug-likeness (QED) is 0.0926. The van der Waals surface area contributed by atoms with Gasteiger partial charge in [-0.3, -0.25) is 5.32 Å². The van der Waals surface area contributed by atoms with E-state index < -0.39 is 39.3 Å². The lowest BCUT2D eigenvalue weighted by Crippen LogP contribution is -2.61. The van der Waals surface area contributed by atoms with Gasteiger partial charge in [-0.25, -0.2) is 9.78 Å². The van der Waals surface area contributed by atoms with Gasteiger partial charge in [0.2, 0.25) is 0 Å². The van der Waals surface area contributed by atoms with Gasteiger partial charge in [-0.05, 0) is 106 Å². The van der Waals surface area contributed by atoms with Crippen molar-refractivity contribution in [3.05, 3.63) is 35.4 Å². The molecule has 0 spiro atoms. The van der Waals surface area contributed by atoms with Crippen molar-refractivity contribution in [1.29, 1.82) is 0 Å². The molecule has 0 aliphatic carbocycles. The smallest absolute Gasteiger partial charge is 0.139 e. The number of hydrogen-bond donors (Lipinski definition) is 5. The Kier molecular flexibility index (Phi) is 10.3. The summed E-state index contributed by atoms with van der Waals surface area (Å²) in [7, 11) is 0. The Balaban J connectivity index is 1.65. The number of hydrogen-bond acceptors (Lipinski definition) is 10. The molecule has 1 aromatic rings. The van der Waals surface area contributed by atoms with Gasteiger partial charge in [-0.15, -0.1) is 0 Å². The van der Waals surface area contributed by atoms with Crippen molar-refractivity contribution in [2.24, 2.45) is 0 Å². The SMILES string of the molecule is CC(C)(NCOOC1CC(C)(C)N(O)C(C)(C)C1)c1cccc(C(C)(C)C(NO)OC2CC(C)(C)N(O)C(C)(C)C2)c1. The highest BCUT2D eigenvalue weighted by atomic mass is 17.2. The number of piperidine rings is 2. The van der Waals surface area contributed by atoms with Crippen LogP contribution in [0.2, 0.25) is 0 Å². The first-order valence-electron chi connectivity index (χ1n) is 15.2. The second-order valence-corrected chi connectivity index (χ2v) is 16.0. The molecule has 2 heterocycles. The summed E-state index contributed by atoms with van der Waals surface area (Å²) in [6.45, 7) is 24.5. The van der Waals surface area contributed by atoms with E-state index in [0.717, 1.165) is 11.1 Å². The molecule has 2 aliphatic rings. The third-order valence-corrected chi connectivity index (χ3v) is 9.41. The predicted octanol–water partition coefficient (Wildman–Crippen LogP) is 5.84. The lowest BCUT2D eigenvalue weighted by Gasteiger charge is -2.52. The van der Waals surface area contributed by atoms with Crippen molar-refractivity contribution in [2.45, 2.75) is 160 Å². The van der Waals surface area contributed by atoms with E-state index >= 15 is 0 Å². The van der Waals surface area contributed by atoms with Gasteiger partial charge in [-0.1, -0.05) is 38.1 Å². The van der Waals surface area contributed by atoms with E-state index in [1.807, 2.05) is 67.5 Å².